The number of benzene rings is 3. The zero-order chi connectivity index (χ0) is 22.5. The van der Waals surface area contributed by atoms with Crippen molar-refractivity contribution in [3.05, 3.63) is 89.9 Å². The van der Waals surface area contributed by atoms with E-state index in [1.807, 2.05) is 25.2 Å². The summed E-state index contributed by atoms with van der Waals surface area (Å²) < 4.78 is 20.0. The summed E-state index contributed by atoms with van der Waals surface area (Å²) in [7, 11) is 3.45. The van der Waals surface area contributed by atoms with Gasteiger partial charge in [0.25, 0.3) is 0 Å². The van der Waals surface area contributed by atoms with Crippen molar-refractivity contribution in [3.8, 4) is 11.1 Å². The molecular formula is C27H27FN2O2. The van der Waals surface area contributed by atoms with E-state index in [-0.39, 0.29) is 11.8 Å². The number of hydrogen-bond donors (Lipinski definition) is 1. The number of carbonyl (C=O) groups is 1. The Morgan fingerprint density at radius 2 is 1.75 bits per heavy atom. The van der Waals surface area contributed by atoms with Gasteiger partial charge in [-0.25, -0.2) is 4.39 Å². The molecule has 3 aromatic carbocycles. The zero-order valence-electron chi connectivity index (χ0n) is 18.4. The second kappa shape index (κ2) is 9.69. The molecule has 0 aliphatic rings. The van der Waals surface area contributed by atoms with Crippen molar-refractivity contribution in [2.24, 2.45) is 7.05 Å². The predicted molar refractivity (Wildman–Crippen MR) is 127 cm³/mol. The Bertz CT molecular complexity index is 1230. The second-order valence-electron chi connectivity index (χ2n) is 7.96. The number of fused-ring (bicyclic) bond motifs is 1. The first-order chi connectivity index (χ1) is 15.5. The van der Waals surface area contributed by atoms with Gasteiger partial charge in [0.1, 0.15) is 5.82 Å². The largest absolute Gasteiger partial charge is 0.469 e. The van der Waals surface area contributed by atoms with Crippen LogP contribution in [0.25, 0.3) is 22.0 Å². The van der Waals surface area contributed by atoms with Crippen LogP contribution < -0.4 is 5.32 Å². The molecule has 4 rings (SSSR count). The normalized spacial score (nSPS) is 11.0. The van der Waals surface area contributed by atoms with Crippen LogP contribution in [0, 0.1) is 5.82 Å². The maximum absolute atomic E-state index is 13.2. The Morgan fingerprint density at radius 3 is 2.53 bits per heavy atom. The number of hydrogen-bond acceptors (Lipinski definition) is 3. The molecule has 4 aromatic rings. The van der Waals surface area contributed by atoms with Gasteiger partial charge in [0, 0.05) is 48.4 Å². The Morgan fingerprint density at radius 1 is 0.969 bits per heavy atom. The average molecular weight is 431 g/mol. The van der Waals surface area contributed by atoms with E-state index in [9.17, 15) is 9.18 Å². The van der Waals surface area contributed by atoms with Gasteiger partial charge in [0.15, 0.2) is 0 Å². The quantitative estimate of drug-likeness (QED) is 0.362. The summed E-state index contributed by atoms with van der Waals surface area (Å²) in [6.45, 7) is 0.730. The molecule has 0 radical (unpaired) electrons. The van der Waals surface area contributed by atoms with Crippen LogP contribution in [0.15, 0.2) is 72.9 Å². The SMILES string of the molecule is COC(=O)CCc1ccc(NCCc2ccc(F)cc2)c(-c2ccc3c(ccn3C)c2)c1. The van der Waals surface area contributed by atoms with Crippen LogP contribution in [0.4, 0.5) is 10.1 Å². The number of rotatable bonds is 8. The van der Waals surface area contributed by atoms with Crippen molar-refractivity contribution >= 4 is 22.6 Å². The lowest BCUT2D eigenvalue weighted by Gasteiger charge is -2.15. The Balaban J connectivity index is 1.60. The average Bonchev–Trinajstić information content (AvgIpc) is 3.19. The number of carbonyl (C=O) groups excluding carboxylic acids is 1. The summed E-state index contributed by atoms with van der Waals surface area (Å²) in [4.78, 5) is 11.6. The molecule has 32 heavy (non-hydrogen) atoms. The zero-order valence-corrected chi connectivity index (χ0v) is 18.4. The van der Waals surface area contributed by atoms with Gasteiger partial charge in [-0.2, -0.15) is 0 Å². The number of anilines is 1. The third-order valence-electron chi connectivity index (χ3n) is 5.77. The molecule has 0 fully saturated rings. The number of nitrogens with zero attached hydrogens (tertiary/aromatic N) is 1. The second-order valence-corrected chi connectivity index (χ2v) is 7.96. The number of esters is 1. The molecule has 0 atom stereocenters. The molecule has 4 nitrogen and oxygen atoms in total. The Kier molecular flexibility index (Phi) is 6.55. The van der Waals surface area contributed by atoms with Crippen molar-refractivity contribution < 1.29 is 13.9 Å². The van der Waals surface area contributed by atoms with Crippen molar-refractivity contribution in [1.82, 2.24) is 4.57 Å². The van der Waals surface area contributed by atoms with Gasteiger partial charge in [-0.3, -0.25) is 4.79 Å². The molecule has 5 heteroatoms. The van der Waals surface area contributed by atoms with Crippen molar-refractivity contribution in [2.75, 3.05) is 19.0 Å². The number of ether oxygens (including phenoxy) is 1. The van der Waals surface area contributed by atoms with Crippen LogP contribution in [0.5, 0.6) is 0 Å². The molecule has 0 aliphatic carbocycles. The fraction of sp³-hybridized carbons (Fsp3) is 0.222. The fourth-order valence-electron chi connectivity index (χ4n) is 3.93. The van der Waals surface area contributed by atoms with Crippen molar-refractivity contribution in [1.29, 1.82) is 0 Å². The highest BCUT2D eigenvalue weighted by Crippen LogP contribution is 2.32. The highest BCUT2D eigenvalue weighted by atomic mass is 19.1. The third-order valence-corrected chi connectivity index (χ3v) is 5.77. The number of halogens is 1. The first-order valence-electron chi connectivity index (χ1n) is 10.8. The molecule has 0 saturated carbocycles. The molecule has 0 spiro atoms. The molecule has 0 bridgehead atoms. The van der Waals surface area contributed by atoms with Crippen LogP contribution in [0.3, 0.4) is 0 Å². The van der Waals surface area contributed by atoms with Crippen molar-refractivity contribution in [3.63, 3.8) is 0 Å². The van der Waals surface area contributed by atoms with Gasteiger partial charge in [0.2, 0.25) is 0 Å². The standard InChI is InChI=1S/C27H27FN2O2/c1-30-16-14-22-18-21(7-11-26(22)30)24-17-20(6-12-27(31)32-2)5-10-25(24)29-15-13-19-3-8-23(28)9-4-19/h3-5,7-11,14,16-18,29H,6,12-13,15H2,1-2H3. The highest BCUT2D eigenvalue weighted by Gasteiger charge is 2.10. The highest BCUT2D eigenvalue weighted by molar-refractivity contribution is 5.89. The lowest BCUT2D eigenvalue weighted by atomic mass is 9.97. The molecular weight excluding hydrogens is 403 g/mol. The third kappa shape index (κ3) is 4.99. The van der Waals surface area contributed by atoms with E-state index in [4.69, 9.17) is 4.74 Å². The minimum Gasteiger partial charge on any atom is -0.469 e. The molecule has 0 amide bonds. The van der Waals surface area contributed by atoms with E-state index in [0.717, 1.165) is 40.9 Å². The minimum absolute atomic E-state index is 0.209. The van der Waals surface area contributed by atoms with E-state index in [1.165, 1.54) is 30.1 Å². The van der Waals surface area contributed by atoms with Crippen LogP contribution in [0.1, 0.15) is 17.5 Å². The predicted octanol–water partition coefficient (Wildman–Crippen LogP) is 5.74. The van der Waals surface area contributed by atoms with Crippen LogP contribution in [0.2, 0.25) is 0 Å². The summed E-state index contributed by atoms with van der Waals surface area (Å²) in [5, 5.41) is 4.72. The monoisotopic (exact) mass is 430 g/mol. The Hall–Kier alpha value is -3.60. The van der Waals surface area contributed by atoms with Gasteiger partial charge >= 0.3 is 5.97 Å². The molecule has 1 N–H and O–H groups in total. The summed E-state index contributed by atoms with van der Waals surface area (Å²) >= 11 is 0. The first-order valence-corrected chi connectivity index (χ1v) is 10.8. The lowest BCUT2D eigenvalue weighted by molar-refractivity contribution is -0.140. The lowest BCUT2D eigenvalue weighted by Crippen LogP contribution is -2.07. The molecule has 164 valence electrons. The van der Waals surface area contributed by atoms with Gasteiger partial charge in [0.05, 0.1) is 7.11 Å². The van der Waals surface area contributed by atoms with Gasteiger partial charge < -0.3 is 14.6 Å². The first kappa shape index (κ1) is 21.6. The van der Waals surface area contributed by atoms with E-state index in [1.54, 1.807) is 0 Å². The Labute approximate surface area is 187 Å². The summed E-state index contributed by atoms with van der Waals surface area (Å²) in [6, 6.07) is 21.5. The number of aromatic nitrogens is 1. The van der Waals surface area contributed by atoms with Gasteiger partial charge in [-0.05, 0) is 72.0 Å². The van der Waals surface area contributed by atoms with E-state index < -0.39 is 0 Å². The molecule has 1 heterocycles. The van der Waals surface area contributed by atoms with E-state index >= 15 is 0 Å². The van der Waals surface area contributed by atoms with Crippen molar-refractivity contribution in [2.45, 2.75) is 19.3 Å². The van der Waals surface area contributed by atoms with Gasteiger partial charge in [-0.15, -0.1) is 0 Å². The number of aryl methyl sites for hydroxylation is 2. The molecule has 1 aromatic heterocycles. The topological polar surface area (TPSA) is 43.3 Å². The molecule has 0 saturated heterocycles. The van der Waals surface area contributed by atoms with E-state index in [2.05, 4.69) is 52.5 Å². The maximum Gasteiger partial charge on any atom is 0.305 e. The van der Waals surface area contributed by atoms with Crippen LogP contribution >= 0.6 is 0 Å². The van der Waals surface area contributed by atoms with E-state index in [0.29, 0.717) is 12.8 Å². The fourth-order valence-corrected chi connectivity index (χ4v) is 3.93. The maximum atomic E-state index is 13.2. The summed E-state index contributed by atoms with van der Waals surface area (Å²) in [5.74, 6) is -0.429. The van der Waals surface area contributed by atoms with Crippen LogP contribution in [-0.2, 0) is 29.4 Å². The summed E-state index contributed by atoms with van der Waals surface area (Å²) in [6.07, 6.45) is 3.83. The summed E-state index contributed by atoms with van der Waals surface area (Å²) in [5.41, 5.74) is 6.60. The van der Waals surface area contributed by atoms with Gasteiger partial charge in [-0.1, -0.05) is 24.3 Å². The number of nitrogens with one attached hydrogen (secondary N) is 1. The minimum atomic E-state index is -0.220. The molecule has 0 unspecified atom stereocenters. The molecule has 0 aliphatic heterocycles. The number of methoxy groups -OCH3 is 1. The van der Waals surface area contributed by atoms with Crippen LogP contribution in [-0.4, -0.2) is 24.2 Å². The smallest absolute Gasteiger partial charge is 0.305 e.